The average Bonchev–Trinajstić information content (AvgIpc) is 3.01. The van der Waals surface area contributed by atoms with E-state index < -0.39 is 5.97 Å². The molecule has 0 unspecified atom stereocenters. The molecule has 0 radical (unpaired) electrons. The van der Waals surface area contributed by atoms with Crippen LogP contribution in [0.3, 0.4) is 0 Å². The summed E-state index contributed by atoms with van der Waals surface area (Å²) in [7, 11) is 0. The molecule has 1 aromatic rings. The second kappa shape index (κ2) is 4.26. The maximum absolute atomic E-state index is 10.8. The van der Waals surface area contributed by atoms with E-state index in [0.717, 1.165) is 18.8 Å². The first-order valence-corrected chi connectivity index (χ1v) is 6.63. The third-order valence-electron chi connectivity index (χ3n) is 4.43. The number of nitrogens with zero attached hydrogens (tertiary/aromatic N) is 2. The third-order valence-corrected chi connectivity index (χ3v) is 4.43. The number of carbonyl (C=O) groups is 1. The summed E-state index contributed by atoms with van der Waals surface area (Å²) < 4.78 is 0. The number of anilines is 1. The maximum atomic E-state index is 10.8. The van der Waals surface area contributed by atoms with Crippen LogP contribution in [0.25, 0.3) is 0 Å². The Balaban J connectivity index is 1.74. The first kappa shape index (κ1) is 11.5. The van der Waals surface area contributed by atoms with Gasteiger partial charge in [0, 0.05) is 13.1 Å². The molecule has 1 aromatic heterocycles. The van der Waals surface area contributed by atoms with E-state index in [9.17, 15) is 4.79 Å². The number of hydrogen-bond acceptors (Lipinski definition) is 3. The number of aromatic nitrogens is 1. The topological polar surface area (TPSA) is 53.4 Å². The number of rotatable bonds is 2. The minimum absolute atomic E-state index is 0.119. The second-order valence-corrected chi connectivity index (χ2v) is 5.59. The van der Waals surface area contributed by atoms with E-state index >= 15 is 0 Å². The van der Waals surface area contributed by atoms with Gasteiger partial charge in [0.05, 0.1) is 11.9 Å². The summed E-state index contributed by atoms with van der Waals surface area (Å²) in [6.07, 6.45) is 8.40. The van der Waals surface area contributed by atoms with Gasteiger partial charge >= 0.3 is 5.97 Å². The molecule has 0 aromatic carbocycles. The monoisotopic (exact) mass is 246 g/mol. The quantitative estimate of drug-likeness (QED) is 0.871. The van der Waals surface area contributed by atoms with Gasteiger partial charge in [-0.2, -0.15) is 0 Å². The summed E-state index contributed by atoms with van der Waals surface area (Å²) in [5, 5.41) is 8.83. The SMILES string of the molecule is O=C(O)c1ccc(N2CCC3(CCCC3)C2)cn1. The van der Waals surface area contributed by atoms with Crippen LogP contribution in [0.15, 0.2) is 18.3 Å². The standard InChI is InChI=1S/C14H18N2O2/c17-13(18)12-4-3-11(9-15-12)16-8-7-14(10-16)5-1-2-6-14/h3-4,9H,1-2,5-8,10H2,(H,17,18). The average molecular weight is 246 g/mol. The van der Waals surface area contributed by atoms with Gasteiger partial charge in [0.1, 0.15) is 5.69 Å². The lowest BCUT2D eigenvalue weighted by Gasteiger charge is -2.24. The molecule has 1 saturated carbocycles. The molecule has 2 fully saturated rings. The first-order valence-electron chi connectivity index (χ1n) is 6.63. The zero-order chi connectivity index (χ0) is 12.6. The highest BCUT2D eigenvalue weighted by Gasteiger charge is 2.40. The Morgan fingerprint density at radius 3 is 2.67 bits per heavy atom. The van der Waals surface area contributed by atoms with Gasteiger partial charge in [-0.1, -0.05) is 12.8 Å². The third kappa shape index (κ3) is 1.96. The van der Waals surface area contributed by atoms with Crippen molar-refractivity contribution in [1.82, 2.24) is 4.98 Å². The predicted octanol–water partition coefficient (Wildman–Crippen LogP) is 2.55. The van der Waals surface area contributed by atoms with E-state index in [1.54, 1.807) is 12.3 Å². The molecule has 1 spiro atoms. The lowest BCUT2D eigenvalue weighted by atomic mass is 9.86. The van der Waals surface area contributed by atoms with Gasteiger partial charge in [0.15, 0.2) is 0 Å². The van der Waals surface area contributed by atoms with Gasteiger partial charge in [-0.3, -0.25) is 0 Å². The van der Waals surface area contributed by atoms with E-state index in [1.165, 1.54) is 32.1 Å². The summed E-state index contributed by atoms with van der Waals surface area (Å²) in [5.74, 6) is -0.963. The molecule has 0 atom stereocenters. The van der Waals surface area contributed by atoms with Crippen molar-refractivity contribution in [1.29, 1.82) is 0 Å². The molecule has 18 heavy (non-hydrogen) atoms. The van der Waals surface area contributed by atoms with Gasteiger partial charge in [0.25, 0.3) is 0 Å². The lowest BCUT2D eigenvalue weighted by molar-refractivity contribution is 0.0690. The molecule has 0 amide bonds. The van der Waals surface area contributed by atoms with Crippen LogP contribution in [0.1, 0.15) is 42.6 Å². The number of aromatic carboxylic acids is 1. The fraction of sp³-hybridized carbons (Fsp3) is 0.571. The molecule has 4 nitrogen and oxygen atoms in total. The molecule has 1 N–H and O–H groups in total. The molecule has 1 aliphatic heterocycles. The lowest BCUT2D eigenvalue weighted by Crippen LogP contribution is -2.24. The predicted molar refractivity (Wildman–Crippen MR) is 68.9 cm³/mol. The van der Waals surface area contributed by atoms with Gasteiger partial charge < -0.3 is 10.0 Å². The van der Waals surface area contributed by atoms with Crippen LogP contribution in [-0.2, 0) is 0 Å². The Labute approximate surface area is 107 Å². The number of carboxylic acids is 1. The summed E-state index contributed by atoms with van der Waals surface area (Å²) in [4.78, 5) is 17.1. The summed E-state index contributed by atoms with van der Waals surface area (Å²) >= 11 is 0. The molecule has 0 bridgehead atoms. The highest BCUT2D eigenvalue weighted by Crippen LogP contribution is 2.46. The van der Waals surface area contributed by atoms with Crippen LogP contribution >= 0.6 is 0 Å². The van der Waals surface area contributed by atoms with Crippen molar-refractivity contribution in [3.8, 4) is 0 Å². The van der Waals surface area contributed by atoms with Crippen molar-refractivity contribution in [2.45, 2.75) is 32.1 Å². The molecule has 2 aliphatic rings. The molecule has 2 heterocycles. The molecular formula is C14H18N2O2. The number of carboxylic acid groups (broad SMARTS) is 1. The van der Waals surface area contributed by atoms with Gasteiger partial charge in [-0.05, 0) is 36.8 Å². The highest BCUT2D eigenvalue weighted by atomic mass is 16.4. The summed E-state index contributed by atoms with van der Waals surface area (Å²) in [6, 6.07) is 3.47. The van der Waals surface area contributed by atoms with Crippen LogP contribution < -0.4 is 4.90 Å². The van der Waals surface area contributed by atoms with Gasteiger partial charge in [-0.15, -0.1) is 0 Å². The van der Waals surface area contributed by atoms with Crippen LogP contribution in [-0.4, -0.2) is 29.1 Å². The largest absolute Gasteiger partial charge is 0.477 e. The van der Waals surface area contributed by atoms with Crippen molar-refractivity contribution >= 4 is 11.7 Å². The van der Waals surface area contributed by atoms with Crippen molar-refractivity contribution < 1.29 is 9.90 Å². The zero-order valence-corrected chi connectivity index (χ0v) is 10.4. The van der Waals surface area contributed by atoms with E-state index in [2.05, 4.69) is 9.88 Å². The smallest absolute Gasteiger partial charge is 0.354 e. The molecule has 4 heteroatoms. The Kier molecular flexibility index (Phi) is 2.73. The van der Waals surface area contributed by atoms with Crippen molar-refractivity contribution in [2.75, 3.05) is 18.0 Å². The Hall–Kier alpha value is -1.58. The molecule has 3 rings (SSSR count). The number of hydrogen-bond donors (Lipinski definition) is 1. The normalized spacial score (nSPS) is 21.7. The fourth-order valence-corrected chi connectivity index (χ4v) is 3.39. The van der Waals surface area contributed by atoms with Crippen molar-refractivity contribution in [3.05, 3.63) is 24.0 Å². The summed E-state index contributed by atoms with van der Waals surface area (Å²) in [6.45, 7) is 2.19. The van der Waals surface area contributed by atoms with Crippen LogP contribution in [0, 0.1) is 5.41 Å². The fourth-order valence-electron chi connectivity index (χ4n) is 3.39. The second-order valence-electron chi connectivity index (χ2n) is 5.59. The maximum Gasteiger partial charge on any atom is 0.354 e. The van der Waals surface area contributed by atoms with E-state index in [1.807, 2.05) is 6.07 Å². The first-order chi connectivity index (χ1) is 8.69. The van der Waals surface area contributed by atoms with E-state index in [-0.39, 0.29) is 5.69 Å². The Morgan fingerprint density at radius 2 is 2.06 bits per heavy atom. The summed E-state index contributed by atoms with van der Waals surface area (Å²) in [5.41, 5.74) is 1.71. The van der Waals surface area contributed by atoms with Crippen LogP contribution in [0.5, 0.6) is 0 Å². The van der Waals surface area contributed by atoms with Crippen molar-refractivity contribution in [2.24, 2.45) is 5.41 Å². The van der Waals surface area contributed by atoms with E-state index in [4.69, 9.17) is 5.11 Å². The van der Waals surface area contributed by atoms with Crippen LogP contribution in [0.2, 0.25) is 0 Å². The molecule has 1 saturated heterocycles. The molecule has 1 aliphatic carbocycles. The van der Waals surface area contributed by atoms with Crippen molar-refractivity contribution in [3.63, 3.8) is 0 Å². The molecule has 96 valence electrons. The van der Waals surface area contributed by atoms with E-state index in [0.29, 0.717) is 5.41 Å². The van der Waals surface area contributed by atoms with Crippen LogP contribution in [0.4, 0.5) is 5.69 Å². The highest BCUT2D eigenvalue weighted by molar-refractivity contribution is 5.85. The van der Waals surface area contributed by atoms with Gasteiger partial charge in [0.2, 0.25) is 0 Å². The molecular weight excluding hydrogens is 228 g/mol. The minimum Gasteiger partial charge on any atom is -0.477 e. The minimum atomic E-state index is -0.963. The number of pyridine rings is 1. The Morgan fingerprint density at radius 1 is 1.28 bits per heavy atom. The zero-order valence-electron chi connectivity index (χ0n) is 10.4. The Bertz CT molecular complexity index is 449. The van der Waals surface area contributed by atoms with Gasteiger partial charge in [-0.25, -0.2) is 9.78 Å².